The van der Waals surface area contributed by atoms with Crippen LogP contribution in [0.2, 0.25) is 19.6 Å². The molecule has 0 unspecified atom stereocenters. The molecule has 2 rings (SSSR count). The zero-order valence-corrected chi connectivity index (χ0v) is 23.2. The Hall–Kier alpha value is -0.784. The van der Waals surface area contributed by atoms with E-state index < -0.39 is 29.7 Å². The molecule has 0 bridgehead atoms. The number of anilines is 1. The third kappa shape index (κ3) is 5.86. The van der Waals surface area contributed by atoms with Gasteiger partial charge in [-0.25, -0.2) is 0 Å². The van der Waals surface area contributed by atoms with Crippen LogP contribution in [0.25, 0.3) is 0 Å². The van der Waals surface area contributed by atoms with Gasteiger partial charge in [0.2, 0.25) is 0 Å². The number of benzene rings is 2. The zero-order valence-electron chi connectivity index (χ0n) is 19.3. The molecule has 0 atom stereocenters. The van der Waals surface area contributed by atoms with Gasteiger partial charge in [0.25, 0.3) is 0 Å². The van der Waals surface area contributed by atoms with Gasteiger partial charge in [0, 0.05) is 0 Å². The van der Waals surface area contributed by atoms with Crippen molar-refractivity contribution in [2.24, 2.45) is 0 Å². The topological polar surface area (TPSA) is 6.48 Å². The van der Waals surface area contributed by atoms with Crippen molar-refractivity contribution in [1.29, 1.82) is 0 Å². The van der Waals surface area contributed by atoms with Crippen LogP contribution in [0.5, 0.6) is 0 Å². The maximum absolute atomic E-state index is 2.94. The van der Waals surface area contributed by atoms with Crippen LogP contribution >= 0.6 is 0 Å². The van der Waals surface area contributed by atoms with Crippen molar-refractivity contribution in [3.8, 4) is 0 Å². The van der Waals surface area contributed by atoms with E-state index in [1.165, 1.54) is 16.7 Å². The van der Waals surface area contributed by atoms with Gasteiger partial charge in [-0.2, -0.15) is 0 Å². The maximum atomic E-state index is 2.94. The summed E-state index contributed by atoms with van der Waals surface area (Å²) in [5, 5.41) is 0. The molecule has 0 aliphatic heterocycles. The van der Waals surface area contributed by atoms with Gasteiger partial charge in [0.1, 0.15) is 0 Å². The van der Waals surface area contributed by atoms with Gasteiger partial charge in [-0.1, -0.05) is 0 Å². The number of rotatable bonds is 8. The molecule has 0 aliphatic carbocycles. The van der Waals surface area contributed by atoms with Crippen molar-refractivity contribution in [3.63, 3.8) is 0 Å². The van der Waals surface area contributed by atoms with E-state index in [1.54, 1.807) is 9.27 Å². The van der Waals surface area contributed by atoms with Crippen LogP contribution in [-0.2, 0) is 6.54 Å². The molecule has 2 aromatic rings. The normalized spacial score (nSPS) is 12.3. The quantitative estimate of drug-likeness (QED) is 0.436. The Balaban J connectivity index is 2.62. The second-order valence-corrected chi connectivity index (χ2v) is 19.1. The Morgan fingerprint density at radius 3 is 1.82 bits per heavy atom. The Labute approximate surface area is 185 Å². The summed E-state index contributed by atoms with van der Waals surface area (Å²) in [5.74, 6) is 1.09. The van der Waals surface area contributed by atoms with Gasteiger partial charge in [-0.3, -0.25) is 0 Å². The van der Waals surface area contributed by atoms with E-state index >= 15 is 0 Å². The van der Waals surface area contributed by atoms with Crippen molar-refractivity contribution < 1.29 is 0 Å². The predicted molar refractivity (Wildman–Crippen MR) is 130 cm³/mol. The Morgan fingerprint density at radius 2 is 1.36 bits per heavy atom. The number of nitrogens with zero attached hydrogens (tertiary/aromatic N) is 2. The molecule has 4 heteroatoms. The summed E-state index contributed by atoms with van der Waals surface area (Å²) in [6.07, 6.45) is 0. The molecule has 0 spiro atoms. The van der Waals surface area contributed by atoms with Crippen LogP contribution in [-0.4, -0.2) is 48.6 Å². The first kappa shape index (κ1) is 23.5. The fourth-order valence-electron chi connectivity index (χ4n) is 3.56. The first-order valence-corrected chi connectivity index (χ1v) is 16.6. The second-order valence-electron chi connectivity index (χ2n) is 9.61. The summed E-state index contributed by atoms with van der Waals surface area (Å²) < 4.78 is 4.56. The van der Waals surface area contributed by atoms with Crippen molar-refractivity contribution in [1.82, 2.24) is 4.90 Å². The Morgan fingerprint density at radius 1 is 0.821 bits per heavy atom. The monoisotopic (exact) mass is 502 g/mol. The van der Waals surface area contributed by atoms with E-state index in [0.29, 0.717) is 11.8 Å². The van der Waals surface area contributed by atoms with Crippen molar-refractivity contribution in [2.45, 2.75) is 65.7 Å². The average molecular weight is 501 g/mol. The molecule has 0 aliphatic rings. The SMILES string of the molecule is CC(C)c1cccc(C(C)C)c1[N]([Sn][c]1ccccc1CN(C)C)[Si](C)(C)C. The Bertz CT molecular complexity index is 752. The van der Waals surface area contributed by atoms with E-state index in [1.807, 2.05) is 0 Å². The van der Waals surface area contributed by atoms with Gasteiger partial charge in [-0.15, -0.1) is 0 Å². The third-order valence-electron chi connectivity index (χ3n) is 4.97. The molecule has 28 heavy (non-hydrogen) atoms. The molecule has 2 aromatic carbocycles. The molecule has 0 N–H and O–H groups in total. The molecular formula is C24H38N2SiSn. The molecule has 0 heterocycles. The van der Waals surface area contributed by atoms with Gasteiger partial charge in [0.15, 0.2) is 0 Å². The zero-order chi connectivity index (χ0) is 21.1. The number of hydrogen-bond donors (Lipinski definition) is 0. The molecule has 152 valence electrons. The molecule has 0 saturated carbocycles. The number of para-hydroxylation sites is 1. The summed E-state index contributed by atoms with van der Waals surface area (Å²) in [6.45, 7) is 18.0. The van der Waals surface area contributed by atoms with Gasteiger partial charge in [-0.05, 0) is 0 Å². The third-order valence-corrected chi connectivity index (χ3v) is 16.4. The summed E-state index contributed by atoms with van der Waals surface area (Å²) in [4.78, 5) is 2.29. The fraction of sp³-hybridized carbons (Fsp3) is 0.500. The van der Waals surface area contributed by atoms with Crippen molar-refractivity contribution >= 4 is 38.9 Å². The standard InChI is InChI=1S/C15H26NSi.C9H12N.Sn/c1-11(2)13-9-8-10-14(12(3)4)15(13)16-17(5,6)7;1-10(2)8-9-6-4-3-5-7-9;/h8-12H,1-7H3;3-6H,8H2,1-2H3;/q-1;;+1. The molecule has 0 saturated heterocycles. The van der Waals surface area contributed by atoms with Crippen molar-refractivity contribution in [2.75, 3.05) is 16.9 Å². The summed E-state index contributed by atoms with van der Waals surface area (Å²) in [5.41, 5.74) is 6.13. The summed E-state index contributed by atoms with van der Waals surface area (Å²) >= 11 is -0.968. The van der Waals surface area contributed by atoms with Crippen LogP contribution in [0, 0.1) is 0 Å². The van der Waals surface area contributed by atoms with Crippen LogP contribution in [0.3, 0.4) is 0 Å². The van der Waals surface area contributed by atoms with Crippen LogP contribution in [0.4, 0.5) is 5.69 Å². The number of hydrogen-bond acceptors (Lipinski definition) is 2. The first-order valence-electron chi connectivity index (χ1n) is 10.4. The minimum atomic E-state index is -1.53. The van der Waals surface area contributed by atoms with E-state index in [4.69, 9.17) is 0 Å². The molecule has 2 nitrogen and oxygen atoms in total. The van der Waals surface area contributed by atoms with Crippen molar-refractivity contribution in [3.05, 3.63) is 59.2 Å². The second kappa shape index (κ2) is 9.81. The molecule has 0 amide bonds. The minimum absolute atomic E-state index is 0.545. The van der Waals surface area contributed by atoms with E-state index in [-0.39, 0.29) is 0 Å². The first-order chi connectivity index (χ1) is 13.0. The molecule has 2 radical (unpaired) electrons. The van der Waals surface area contributed by atoms with Gasteiger partial charge in [0.05, 0.1) is 0 Å². The Kier molecular flexibility index (Phi) is 8.23. The molecular weight excluding hydrogens is 463 g/mol. The van der Waals surface area contributed by atoms with Crippen LogP contribution in [0.15, 0.2) is 42.5 Å². The van der Waals surface area contributed by atoms with Gasteiger partial charge >= 0.3 is 186 Å². The van der Waals surface area contributed by atoms with Crippen LogP contribution in [0.1, 0.15) is 56.2 Å². The van der Waals surface area contributed by atoms with Crippen LogP contribution < -0.4 is 6.37 Å². The van der Waals surface area contributed by atoms with Gasteiger partial charge < -0.3 is 0 Å². The van der Waals surface area contributed by atoms with E-state index in [9.17, 15) is 0 Å². The van der Waals surface area contributed by atoms with E-state index in [0.717, 1.165) is 6.54 Å². The van der Waals surface area contributed by atoms with E-state index in [2.05, 4.69) is 112 Å². The molecule has 0 aromatic heterocycles. The predicted octanol–water partition coefficient (Wildman–Crippen LogP) is 5.58. The molecule has 0 fully saturated rings. The fourth-order valence-corrected chi connectivity index (χ4v) is 11.6. The summed E-state index contributed by atoms with van der Waals surface area (Å²) in [6, 6.07) is 16.1. The average Bonchev–Trinajstić information content (AvgIpc) is 2.58. The summed E-state index contributed by atoms with van der Waals surface area (Å²) in [7, 11) is 2.81.